The Bertz CT molecular complexity index is 472. The smallest absolute Gasteiger partial charge is 0.123 e. The lowest BCUT2D eigenvalue weighted by molar-refractivity contribution is 0.176. The first kappa shape index (κ1) is 11.6. The molecule has 0 saturated heterocycles. The van der Waals surface area contributed by atoms with Gasteiger partial charge in [0.25, 0.3) is 0 Å². The van der Waals surface area contributed by atoms with Gasteiger partial charge in [0.05, 0.1) is 0 Å². The highest BCUT2D eigenvalue weighted by molar-refractivity contribution is 5.42. The molecule has 1 heterocycles. The molecule has 3 rings (SSSR count). The SMILES string of the molecule is CC1/C=C\C=C/CCCC2Oc3ccccc3C12. The quantitative estimate of drug-likeness (QED) is 0.650. The van der Waals surface area contributed by atoms with Crippen molar-refractivity contribution in [3.05, 3.63) is 54.1 Å². The molecule has 3 atom stereocenters. The van der Waals surface area contributed by atoms with E-state index < -0.39 is 0 Å². The van der Waals surface area contributed by atoms with Crippen LogP contribution in [-0.2, 0) is 0 Å². The average molecular weight is 240 g/mol. The minimum absolute atomic E-state index is 0.355. The summed E-state index contributed by atoms with van der Waals surface area (Å²) in [7, 11) is 0. The summed E-state index contributed by atoms with van der Waals surface area (Å²) in [6.45, 7) is 2.30. The maximum atomic E-state index is 6.16. The fraction of sp³-hybridized carbons (Fsp3) is 0.412. The summed E-state index contributed by atoms with van der Waals surface area (Å²) < 4.78 is 6.16. The van der Waals surface area contributed by atoms with E-state index in [1.807, 2.05) is 0 Å². The highest BCUT2D eigenvalue weighted by atomic mass is 16.5. The molecule has 0 saturated carbocycles. The Morgan fingerprint density at radius 1 is 1.17 bits per heavy atom. The van der Waals surface area contributed by atoms with Gasteiger partial charge in [-0.15, -0.1) is 0 Å². The fourth-order valence-corrected chi connectivity index (χ4v) is 3.13. The zero-order chi connectivity index (χ0) is 12.4. The predicted octanol–water partition coefficient (Wildman–Crippen LogP) is 4.46. The molecule has 1 aromatic carbocycles. The molecule has 0 radical (unpaired) electrons. The lowest BCUT2D eigenvalue weighted by Gasteiger charge is -2.23. The molecule has 18 heavy (non-hydrogen) atoms. The summed E-state index contributed by atoms with van der Waals surface area (Å²) in [5.74, 6) is 2.14. The zero-order valence-electron chi connectivity index (χ0n) is 10.9. The van der Waals surface area contributed by atoms with Crippen molar-refractivity contribution in [1.82, 2.24) is 0 Å². The summed E-state index contributed by atoms with van der Waals surface area (Å²) in [6, 6.07) is 8.53. The van der Waals surface area contributed by atoms with Crippen LogP contribution in [-0.4, -0.2) is 6.10 Å². The van der Waals surface area contributed by atoms with E-state index in [0.717, 1.165) is 18.6 Å². The van der Waals surface area contributed by atoms with E-state index in [1.165, 1.54) is 12.0 Å². The number of ether oxygens (including phenoxy) is 1. The second kappa shape index (κ2) is 5.01. The minimum Gasteiger partial charge on any atom is -0.489 e. The van der Waals surface area contributed by atoms with Crippen LogP contribution in [0.15, 0.2) is 48.6 Å². The van der Waals surface area contributed by atoms with Gasteiger partial charge in [-0.25, -0.2) is 0 Å². The van der Waals surface area contributed by atoms with Gasteiger partial charge in [0.15, 0.2) is 0 Å². The van der Waals surface area contributed by atoms with Gasteiger partial charge in [0.1, 0.15) is 11.9 Å². The summed E-state index contributed by atoms with van der Waals surface area (Å²) >= 11 is 0. The molecule has 0 aromatic heterocycles. The monoisotopic (exact) mass is 240 g/mol. The summed E-state index contributed by atoms with van der Waals surface area (Å²) in [5, 5.41) is 0. The number of allylic oxidation sites excluding steroid dienone is 4. The van der Waals surface area contributed by atoms with Crippen molar-refractivity contribution in [3.63, 3.8) is 0 Å². The molecule has 1 aromatic rings. The van der Waals surface area contributed by atoms with Gasteiger partial charge in [0, 0.05) is 11.5 Å². The minimum atomic E-state index is 0.355. The highest BCUT2D eigenvalue weighted by Crippen LogP contribution is 2.44. The Morgan fingerprint density at radius 2 is 2.06 bits per heavy atom. The van der Waals surface area contributed by atoms with Crippen LogP contribution in [0.5, 0.6) is 5.75 Å². The largest absolute Gasteiger partial charge is 0.489 e. The third-order valence-corrected chi connectivity index (χ3v) is 4.04. The Kier molecular flexibility index (Phi) is 3.22. The zero-order valence-corrected chi connectivity index (χ0v) is 10.9. The summed E-state index contributed by atoms with van der Waals surface area (Å²) in [5.41, 5.74) is 1.39. The van der Waals surface area contributed by atoms with Crippen molar-refractivity contribution in [2.75, 3.05) is 0 Å². The molecule has 0 amide bonds. The molecular weight excluding hydrogens is 220 g/mol. The molecule has 0 fully saturated rings. The van der Waals surface area contributed by atoms with Gasteiger partial charge in [-0.05, 0) is 31.2 Å². The van der Waals surface area contributed by atoms with Crippen LogP contribution in [0.4, 0.5) is 0 Å². The molecule has 0 bridgehead atoms. The molecule has 1 aliphatic carbocycles. The molecule has 0 N–H and O–H groups in total. The fourth-order valence-electron chi connectivity index (χ4n) is 3.13. The number of fused-ring (bicyclic) bond motifs is 3. The number of hydrogen-bond donors (Lipinski definition) is 0. The van der Waals surface area contributed by atoms with Crippen molar-refractivity contribution in [3.8, 4) is 5.75 Å². The Labute approximate surface area is 109 Å². The van der Waals surface area contributed by atoms with Crippen LogP contribution >= 0.6 is 0 Å². The molecule has 94 valence electrons. The van der Waals surface area contributed by atoms with Gasteiger partial charge >= 0.3 is 0 Å². The molecule has 1 aliphatic heterocycles. The van der Waals surface area contributed by atoms with Gasteiger partial charge in [-0.1, -0.05) is 49.4 Å². The van der Waals surface area contributed by atoms with Crippen molar-refractivity contribution < 1.29 is 4.74 Å². The van der Waals surface area contributed by atoms with Gasteiger partial charge < -0.3 is 4.74 Å². The second-order valence-electron chi connectivity index (χ2n) is 5.32. The van der Waals surface area contributed by atoms with Gasteiger partial charge in [-0.3, -0.25) is 0 Å². The first-order valence-corrected chi connectivity index (χ1v) is 6.95. The average Bonchev–Trinajstić information content (AvgIpc) is 2.75. The number of para-hydroxylation sites is 1. The van der Waals surface area contributed by atoms with Crippen molar-refractivity contribution in [2.45, 2.75) is 38.2 Å². The summed E-state index contributed by atoms with van der Waals surface area (Å²) in [4.78, 5) is 0. The molecule has 1 heteroatoms. The van der Waals surface area contributed by atoms with E-state index in [2.05, 4.69) is 55.5 Å². The van der Waals surface area contributed by atoms with Crippen molar-refractivity contribution in [2.24, 2.45) is 5.92 Å². The van der Waals surface area contributed by atoms with E-state index in [9.17, 15) is 0 Å². The van der Waals surface area contributed by atoms with Crippen molar-refractivity contribution in [1.29, 1.82) is 0 Å². The standard InChI is InChI=1S/C17H20O/c1-13-9-5-3-2-4-6-12-16-17(13)14-10-7-8-11-15(14)18-16/h2-3,5,7-11,13,16-17H,4,6,12H2,1H3/b3-2-,9-5-. The summed E-state index contributed by atoms with van der Waals surface area (Å²) in [6.07, 6.45) is 12.8. The molecule has 3 unspecified atom stereocenters. The van der Waals surface area contributed by atoms with E-state index in [1.54, 1.807) is 0 Å². The highest BCUT2D eigenvalue weighted by Gasteiger charge is 2.36. The van der Waals surface area contributed by atoms with E-state index in [4.69, 9.17) is 4.74 Å². The third-order valence-electron chi connectivity index (χ3n) is 4.04. The Morgan fingerprint density at radius 3 is 3.00 bits per heavy atom. The number of benzene rings is 1. The molecule has 1 nitrogen and oxygen atoms in total. The Hall–Kier alpha value is -1.50. The van der Waals surface area contributed by atoms with Crippen LogP contribution in [0.3, 0.4) is 0 Å². The number of hydrogen-bond acceptors (Lipinski definition) is 1. The first-order chi connectivity index (χ1) is 8.86. The number of rotatable bonds is 0. The maximum absolute atomic E-state index is 6.16. The normalized spacial score (nSPS) is 33.9. The van der Waals surface area contributed by atoms with Crippen LogP contribution in [0.25, 0.3) is 0 Å². The first-order valence-electron chi connectivity index (χ1n) is 6.95. The lowest BCUT2D eigenvalue weighted by atomic mass is 9.82. The van der Waals surface area contributed by atoms with Crippen LogP contribution < -0.4 is 4.74 Å². The topological polar surface area (TPSA) is 9.23 Å². The van der Waals surface area contributed by atoms with Gasteiger partial charge in [-0.2, -0.15) is 0 Å². The van der Waals surface area contributed by atoms with Crippen LogP contribution in [0.1, 0.15) is 37.7 Å². The third kappa shape index (κ3) is 2.10. The van der Waals surface area contributed by atoms with Gasteiger partial charge in [0.2, 0.25) is 0 Å². The van der Waals surface area contributed by atoms with E-state index in [0.29, 0.717) is 17.9 Å². The van der Waals surface area contributed by atoms with Crippen LogP contribution in [0.2, 0.25) is 0 Å². The van der Waals surface area contributed by atoms with Crippen LogP contribution in [0, 0.1) is 5.92 Å². The second-order valence-corrected chi connectivity index (χ2v) is 5.32. The molecule has 2 aliphatic rings. The maximum Gasteiger partial charge on any atom is 0.123 e. The predicted molar refractivity (Wildman–Crippen MR) is 74.9 cm³/mol. The molecular formula is C17H20O. The molecule has 0 spiro atoms. The van der Waals surface area contributed by atoms with E-state index in [-0.39, 0.29) is 0 Å². The Balaban J connectivity index is 1.95. The lowest BCUT2D eigenvalue weighted by Crippen LogP contribution is -2.23. The van der Waals surface area contributed by atoms with Crippen molar-refractivity contribution >= 4 is 0 Å². The van der Waals surface area contributed by atoms with E-state index >= 15 is 0 Å².